The average molecular weight is 181 g/mol. The van der Waals surface area contributed by atoms with Crippen molar-refractivity contribution >= 4 is 18.5 Å². The summed E-state index contributed by atoms with van der Waals surface area (Å²) in [6.07, 6.45) is 2.41. The predicted molar refractivity (Wildman–Crippen MR) is 57.7 cm³/mol. The van der Waals surface area contributed by atoms with Gasteiger partial charge in [-0.3, -0.25) is 0 Å². The normalized spacial score (nSPS) is 9.83. The SMILES string of the molecule is CCCCN(S)c1ccccc1. The quantitative estimate of drug-likeness (QED) is 0.698. The number of para-hydroxylation sites is 1. The van der Waals surface area contributed by atoms with E-state index in [2.05, 4.69) is 31.9 Å². The number of hydrogen-bond acceptors (Lipinski definition) is 2. The molecule has 2 heteroatoms. The summed E-state index contributed by atoms with van der Waals surface area (Å²) < 4.78 is 1.99. The average Bonchev–Trinajstić information content (AvgIpc) is 2.15. The van der Waals surface area contributed by atoms with Crippen LogP contribution in [-0.2, 0) is 0 Å². The van der Waals surface area contributed by atoms with Crippen LogP contribution in [0.1, 0.15) is 19.8 Å². The minimum Gasteiger partial charge on any atom is -0.319 e. The van der Waals surface area contributed by atoms with Crippen molar-refractivity contribution in [1.82, 2.24) is 0 Å². The lowest BCUT2D eigenvalue weighted by Gasteiger charge is -2.16. The fourth-order valence-corrected chi connectivity index (χ4v) is 1.31. The van der Waals surface area contributed by atoms with E-state index in [1.807, 2.05) is 22.5 Å². The molecule has 1 rings (SSSR count). The minimum absolute atomic E-state index is 1.02. The van der Waals surface area contributed by atoms with Crippen molar-refractivity contribution in [2.75, 3.05) is 10.8 Å². The van der Waals surface area contributed by atoms with Gasteiger partial charge in [0.15, 0.2) is 0 Å². The van der Waals surface area contributed by atoms with Crippen LogP contribution in [0.25, 0.3) is 0 Å². The Balaban J connectivity index is 2.48. The summed E-state index contributed by atoms with van der Waals surface area (Å²) in [5, 5.41) is 0. The van der Waals surface area contributed by atoms with Gasteiger partial charge in [0, 0.05) is 12.2 Å². The minimum atomic E-state index is 1.02. The van der Waals surface area contributed by atoms with Crippen molar-refractivity contribution in [3.05, 3.63) is 30.3 Å². The summed E-state index contributed by atoms with van der Waals surface area (Å²) in [5.41, 5.74) is 1.18. The fourth-order valence-electron chi connectivity index (χ4n) is 1.04. The molecule has 0 heterocycles. The molecule has 0 aliphatic rings. The van der Waals surface area contributed by atoms with Crippen LogP contribution in [0.2, 0.25) is 0 Å². The van der Waals surface area contributed by atoms with Gasteiger partial charge < -0.3 is 4.31 Å². The topological polar surface area (TPSA) is 3.24 Å². The van der Waals surface area contributed by atoms with Crippen LogP contribution < -0.4 is 4.31 Å². The number of anilines is 1. The van der Waals surface area contributed by atoms with Crippen LogP contribution >= 0.6 is 12.8 Å². The number of hydrogen-bond donors (Lipinski definition) is 1. The van der Waals surface area contributed by atoms with Crippen molar-refractivity contribution in [2.24, 2.45) is 0 Å². The molecule has 12 heavy (non-hydrogen) atoms. The van der Waals surface area contributed by atoms with Crippen LogP contribution in [0.4, 0.5) is 5.69 Å². The second-order valence-electron chi connectivity index (χ2n) is 2.81. The number of nitrogens with zero attached hydrogens (tertiary/aromatic N) is 1. The Hall–Kier alpha value is -0.630. The molecular weight excluding hydrogens is 166 g/mol. The molecule has 1 aromatic carbocycles. The largest absolute Gasteiger partial charge is 0.319 e. The second-order valence-corrected chi connectivity index (χ2v) is 3.30. The van der Waals surface area contributed by atoms with Crippen LogP contribution in [0.3, 0.4) is 0 Å². The van der Waals surface area contributed by atoms with E-state index in [-0.39, 0.29) is 0 Å². The summed E-state index contributed by atoms with van der Waals surface area (Å²) in [5.74, 6) is 0. The molecule has 66 valence electrons. The first-order valence-corrected chi connectivity index (χ1v) is 4.76. The number of benzene rings is 1. The van der Waals surface area contributed by atoms with Crippen molar-refractivity contribution in [1.29, 1.82) is 0 Å². The third-order valence-corrected chi connectivity index (χ3v) is 2.21. The third-order valence-electron chi connectivity index (χ3n) is 1.78. The highest BCUT2D eigenvalue weighted by Crippen LogP contribution is 2.15. The first-order valence-electron chi connectivity index (χ1n) is 4.36. The van der Waals surface area contributed by atoms with E-state index in [1.165, 1.54) is 18.5 Å². The van der Waals surface area contributed by atoms with Crippen molar-refractivity contribution < 1.29 is 0 Å². The molecule has 0 spiro atoms. The van der Waals surface area contributed by atoms with E-state index in [4.69, 9.17) is 0 Å². The number of unbranched alkanes of at least 4 members (excludes halogenated alkanes) is 1. The predicted octanol–water partition coefficient (Wildman–Crippen LogP) is 3.14. The standard InChI is InChI=1S/C10H15NS/c1-2-3-9-11(12)10-7-5-4-6-8-10/h4-8,12H,2-3,9H2,1H3. The lowest BCUT2D eigenvalue weighted by molar-refractivity contribution is 0.810. The summed E-state index contributed by atoms with van der Waals surface area (Å²) in [6.45, 7) is 3.20. The highest BCUT2D eigenvalue weighted by atomic mass is 32.1. The van der Waals surface area contributed by atoms with Gasteiger partial charge in [0.1, 0.15) is 0 Å². The maximum absolute atomic E-state index is 4.39. The third kappa shape index (κ3) is 2.78. The first-order chi connectivity index (χ1) is 5.84. The van der Waals surface area contributed by atoms with E-state index in [0.29, 0.717) is 0 Å². The van der Waals surface area contributed by atoms with Gasteiger partial charge in [-0.25, -0.2) is 0 Å². The highest BCUT2D eigenvalue weighted by Gasteiger charge is 1.97. The molecule has 0 saturated heterocycles. The van der Waals surface area contributed by atoms with Crippen LogP contribution in [0, 0.1) is 0 Å². The van der Waals surface area contributed by atoms with Gasteiger partial charge in [-0.05, 0) is 18.6 Å². The van der Waals surface area contributed by atoms with Crippen molar-refractivity contribution in [3.63, 3.8) is 0 Å². The van der Waals surface area contributed by atoms with Crippen LogP contribution in [0.5, 0.6) is 0 Å². The Morgan fingerprint density at radius 2 is 1.92 bits per heavy atom. The molecule has 0 aliphatic heterocycles. The zero-order valence-electron chi connectivity index (χ0n) is 7.40. The van der Waals surface area contributed by atoms with E-state index in [0.717, 1.165) is 6.54 Å². The van der Waals surface area contributed by atoms with Gasteiger partial charge in [0.2, 0.25) is 0 Å². The molecule has 0 fully saturated rings. The maximum atomic E-state index is 4.39. The Morgan fingerprint density at radius 3 is 2.50 bits per heavy atom. The Bertz CT molecular complexity index is 210. The van der Waals surface area contributed by atoms with E-state index in [9.17, 15) is 0 Å². The van der Waals surface area contributed by atoms with Gasteiger partial charge in [-0.1, -0.05) is 44.4 Å². The van der Waals surface area contributed by atoms with E-state index < -0.39 is 0 Å². The lowest BCUT2D eigenvalue weighted by atomic mass is 10.3. The molecule has 0 unspecified atom stereocenters. The zero-order valence-corrected chi connectivity index (χ0v) is 8.30. The molecule has 0 aromatic heterocycles. The Labute approximate surface area is 79.9 Å². The lowest BCUT2D eigenvalue weighted by Crippen LogP contribution is -2.11. The highest BCUT2D eigenvalue weighted by molar-refractivity contribution is 7.81. The Kier molecular flexibility index (Phi) is 4.01. The molecule has 1 aromatic rings. The molecule has 0 N–H and O–H groups in total. The molecule has 0 atom stereocenters. The molecule has 1 nitrogen and oxygen atoms in total. The summed E-state index contributed by atoms with van der Waals surface area (Å²) >= 11 is 4.39. The molecule has 0 aliphatic carbocycles. The maximum Gasteiger partial charge on any atom is 0.0467 e. The van der Waals surface area contributed by atoms with E-state index in [1.54, 1.807) is 0 Å². The van der Waals surface area contributed by atoms with E-state index >= 15 is 0 Å². The van der Waals surface area contributed by atoms with Crippen LogP contribution in [0.15, 0.2) is 30.3 Å². The van der Waals surface area contributed by atoms with Gasteiger partial charge in [-0.2, -0.15) is 0 Å². The smallest absolute Gasteiger partial charge is 0.0467 e. The van der Waals surface area contributed by atoms with Crippen LogP contribution in [-0.4, -0.2) is 6.54 Å². The van der Waals surface area contributed by atoms with Gasteiger partial charge in [0.05, 0.1) is 0 Å². The fraction of sp³-hybridized carbons (Fsp3) is 0.400. The zero-order chi connectivity index (χ0) is 8.81. The molecule has 0 amide bonds. The second kappa shape index (κ2) is 5.09. The van der Waals surface area contributed by atoms with Gasteiger partial charge in [0.25, 0.3) is 0 Å². The molecule has 0 radical (unpaired) electrons. The molecule has 0 bridgehead atoms. The first kappa shape index (κ1) is 9.46. The van der Waals surface area contributed by atoms with Gasteiger partial charge >= 0.3 is 0 Å². The molecular formula is C10H15NS. The molecule has 0 saturated carbocycles. The van der Waals surface area contributed by atoms with Crippen molar-refractivity contribution in [3.8, 4) is 0 Å². The summed E-state index contributed by atoms with van der Waals surface area (Å²) in [6, 6.07) is 10.2. The van der Waals surface area contributed by atoms with Crippen molar-refractivity contribution in [2.45, 2.75) is 19.8 Å². The monoisotopic (exact) mass is 181 g/mol. The number of thiol groups is 1. The summed E-state index contributed by atoms with van der Waals surface area (Å²) in [4.78, 5) is 0. The summed E-state index contributed by atoms with van der Waals surface area (Å²) in [7, 11) is 0. The number of rotatable bonds is 4. The Morgan fingerprint density at radius 1 is 1.25 bits per heavy atom. The van der Waals surface area contributed by atoms with Gasteiger partial charge in [-0.15, -0.1) is 0 Å².